The first-order valence-electron chi connectivity index (χ1n) is 12.5. The van der Waals surface area contributed by atoms with Crippen LogP contribution in [-0.2, 0) is 15.5 Å². The van der Waals surface area contributed by atoms with Crippen LogP contribution in [0.25, 0.3) is 23.1 Å². The molecule has 5 rings (SSSR count). The van der Waals surface area contributed by atoms with E-state index in [1.165, 1.54) is 0 Å². The summed E-state index contributed by atoms with van der Waals surface area (Å²) >= 11 is 0. The van der Waals surface area contributed by atoms with Crippen LogP contribution in [0.3, 0.4) is 0 Å². The lowest BCUT2D eigenvalue weighted by Crippen LogP contribution is -2.28. The first kappa shape index (κ1) is 25.7. The molecule has 192 valence electrons. The molecule has 0 saturated carbocycles. The minimum Gasteiger partial charge on any atom is -0.422 e. The number of allylic oxidation sites excluding steroid dienone is 4. The summed E-state index contributed by atoms with van der Waals surface area (Å²) in [4.78, 5) is 12.9. The van der Waals surface area contributed by atoms with Gasteiger partial charge in [0.05, 0.1) is 16.7 Å². The first-order chi connectivity index (χ1) is 18.1. The second kappa shape index (κ2) is 10.1. The van der Waals surface area contributed by atoms with Crippen LogP contribution in [0.2, 0.25) is 0 Å². The fraction of sp³-hybridized carbons (Fsp3) is 0.226. The molecule has 0 bridgehead atoms. The maximum Gasteiger partial charge on any atom is 0.343 e. The predicted octanol–water partition coefficient (Wildman–Crippen LogP) is 5.49. The number of hydrogen-bond acceptors (Lipinski definition) is 4. The van der Waals surface area contributed by atoms with Crippen molar-refractivity contribution >= 4 is 44.6 Å². The van der Waals surface area contributed by atoms with Gasteiger partial charge in [0.25, 0.3) is 10.1 Å². The van der Waals surface area contributed by atoms with Gasteiger partial charge in [-0.15, -0.1) is 0 Å². The number of rotatable bonds is 7. The minimum absolute atomic E-state index is 0.268. The van der Waals surface area contributed by atoms with Crippen LogP contribution in [0.1, 0.15) is 48.9 Å². The van der Waals surface area contributed by atoms with Gasteiger partial charge in [0.15, 0.2) is 5.71 Å². The highest BCUT2D eigenvalue weighted by Crippen LogP contribution is 2.40. The summed E-state index contributed by atoms with van der Waals surface area (Å²) in [5.41, 5.74) is 5.11. The molecule has 38 heavy (non-hydrogen) atoms. The maximum atomic E-state index is 12.9. The molecule has 3 aromatic rings. The molecule has 0 fully saturated rings. The molecule has 1 aromatic heterocycles. The van der Waals surface area contributed by atoms with Gasteiger partial charge in [-0.3, -0.25) is 4.55 Å². The van der Waals surface area contributed by atoms with Crippen molar-refractivity contribution in [2.75, 3.05) is 12.3 Å². The third kappa shape index (κ3) is 5.19. The molecule has 2 aromatic carbocycles. The molecule has 0 spiro atoms. The third-order valence-electron chi connectivity index (χ3n) is 6.96. The van der Waals surface area contributed by atoms with Crippen LogP contribution in [0.15, 0.2) is 76.0 Å². The topological polar surface area (TPSA) is 87.6 Å². The molecule has 1 aliphatic heterocycles. The predicted molar refractivity (Wildman–Crippen MR) is 151 cm³/mol. The van der Waals surface area contributed by atoms with Gasteiger partial charge in [-0.2, -0.15) is 13.0 Å². The fourth-order valence-corrected chi connectivity index (χ4v) is 5.62. The van der Waals surface area contributed by atoms with Crippen LogP contribution in [0.5, 0.6) is 0 Å². The lowest BCUT2D eigenvalue weighted by atomic mass is 9.81. The fourth-order valence-electron chi connectivity index (χ4n) is 5.05. The van der Waals surface area contributed by atoms with E-state index < -0.39 is 15.7 Å². The summed E-state index contributed by atoms with van der Waals surface area (Å²) in [5.74, 6) is 5.79. The van der Waals surface area contributed by atoms with Crippen molar-refractivity contribution in [2.45, 2.75) is 32.1 Å². The van der Waals surface area contributed by atoms with Crippen molar-refractivity contribution in [3.05, 3.63) is 99.4 Å². The Balaban J connectivity index is 1.53. The van der Waals surface area contributed by atoms with Crippen LogP contribution < -0.4 is 5.63 Å². The van der Waals surface area contributed by atoms with Gasteiger partial charge >= 0.3 is 5.63 Å². The van der Waals surface area contributed by atoms with Gasteiger partial charge in [0.1, 0.15) is 12.1 Å². The monoisotopic (exact) mass is 526 g/mol. The zero-order valence-electron chi connectivity index (χ0n) is 21.3. The molecule has 2 aliphatic rings. The summed E-state index contributed by atoms with van der Waals surface area (Å²) in [7, 11) is -3.99. The van der Waals surface area contributed by atoms with E-state index in [9.17, 15) is 13.2 Å². The van der Waals surface area contributed by atoms with Gasteiger partial charge in [0.2, 0.25) is 5.69 Å². The highest BCUT2D eigenvalue weighted by molar-refractivity contribution is 7.85. The standard InChI is InChI=1S/C31H27NO5S/c1-31(2)26-13-7-8-14-27(26)32(17-9-10-18-38(34,35)36)29(31)16-15-24-20-25-19-22-11-5-3-4-6-12-23(22)21-28(25)37-30(24)33/h3-5,7-8,11,13-16,19-21H,9-10,17-18H2,1-2H3/p+1. The summed E-state index contributed by atoms with van der Waals surface area (Å²) in [6.45, 7) is 4.84. The van der Waals surface area contributed by atoms with Gasteiger partial charge in [-0.1, -0.05) is 48.3 Å². The Morgan fingerprint density at radius 1 is 1.08 bits per heavy atom. The second-order valence-corrected chi connectivity index (χ2v) is 11.5. The average Bonchev–Trinajstić information content (AvgIpc) is 3.06. The maximum absolute atomic E-state index is 12.9. The van der Waals surface area contributed by atoms with Crippen molar-refractivity contribution in [1.82, 2.24) is 0 Å². The van der Waals surface area contributed by atoms with Crippen LogP contribution in [-0.4, -0.2) is 35.6 Å². The van der Waals surface area contributed by atoms with Gasteiger partial charge in [-0.25, -0.2) is 4.79 Å². The van der Waals surface area contributed by atoms with Crippen molar-refractivity contribution in [2.24, 2.45) is 0 Å². The van der Waals surface area contributed by atoms with E-state index in [4.69, 9.17) is 8.97 Å². The number of benzene rings is 2. The normalized spacial score (nSPS) is 15.8. The van der Waals surface area contributed by atoms with Gasteiger partial charge in [-0.05, 0) is 56.2 Å². The molecular formula is C31H28NO5S+. The zero-order valence-corrected chi connectivity index (χ0v) is 22.1. The van der Waals surface area contributed by atoms with E-state index in [1.54, 1.807) is 18.2 Å². The lowest BCUT2D eigenvalue weighted by Gasteiger charge is -2.15. The van der Waals surface area contributed by atoms with E-state index in [-0.39, 0.29) is 11.2 Å². The SMILES string of the molecule is CC1(C)C(C=Cc2cc3cc4c(cc3oc2=O)C#CC=CC=C4)=[N+](CCCCS(=O)(=O)O)c2ccccc21. The van der Waals surface area contributed by atoms with E-state index in [0.717, 1.165) is 33.5 Å². The van der Waals surface area contributed by atoms with Crippen molar-refractivity contribution in [3.63, 3.8) is 0 Å². The molecule has 0 atom stereocenters. The Labute approximate surface area is 222 Å². The quantitative estimate of drug-likeness (QED) is 0.145. The Kier molecular flexibility index (Phi) is 6.78. The Bertz CT molecular complexity index is 1790. The molecule has 0 amide bonds. The third-order valence-corrected chi connectivity index (χ3v) is 7.76. The van der Waals surface area contributed by atoms with Crippen LogP contribution >= 0.6 is 0 Å². The number of para-hydroxylation sites is 1. The minimum atomic E-state index is -3.99. The number of fused-ring (bicyclic) bond motifs is 3. The van der Waals surface area contributed by atoms with E-state index in [2.05, 4.69) is 36.3 Å². The summed E-state index contributed by atoms with van der Waals surface area (Å²) in [6.07, 6.45) is 12.2. The molecule has 2 heterocycles. The van der Waals surface area contributed by atoms with Crippen molar-refractivity contribution < 1.29 is 22.0 Å². The van der Waals surface area contributed by atoms with E-state index >= 15 is 0 Å². The molecule has 1 aliphatic carbocycles. The van der Waals surface area contributed by atoms with Gasteiger partial charge in [0, 0.05) is 35.1 Å². The summed E-state index contributed by atoms with van der Waals surface area (Å²) < 4.78 is 39.3. The smallest absolute Gasteiger partial charge is 0.343 e. The van der Waals surface area contributed by atoms with Crippen LogP contribution in [0.4, 0.5) is 5.69 Å². The van der Waals surface area contributed by atoms with Gasteiger partial charge < -0.3 is 4.42 Å². The molecule has 7 heteroatoms. The van der Waals surface area contributed by atoms with E-state index in [0.29, 0.717) is 30.5 Å². The number of hydrogen-bond donors (Lipinski definition) is 1. The lowest BCUT2D eigenvalue weighted by molar-refractivity contribution is -0.438. The Morgan fingerprint density at radius 2 is 1.89 bits per heavy atom. The van der Waals surface area contributed by atoms with E-state index in [1.807, 2.05) is 54.6 Å². The van der Waals surface area contributed by atoms with Crippen molar-refractivity contribution in [3.8, 4) is 11.8 Å². The second-order valence-electron chi connectivity index (χ2n) is 9.96. The highest BCUT2D eigenvalue weighted by atomic mass is 32.2. The van der Waals surface area contributed by atoms with Crippen LogP contribution in [0, 0.1) is 11.8 Å². The molecule has 0 unspecified atom stereocenters. The molecule has 6 nitrogen and oxygen atoms in total. The molecular weight excluding hydrogens is 498 g/mol. The first-order valence-corrected chi connectivity index (χ1v) is 14.1. The highest BCUT2D eigenvalue weighted by Gasteiger charge is 2.43. The molecule has 0 saturated heterocycles. The summed E-state index contributed by atoms with van der Waals surface area (Å²) in [5, 5.41) is 0.806. The number of nitrogens with zero attached hydrogens (tertiary/aromatic N) is 1. The molecule has 0 radical (unpaired) electrons. The Morgan fingerprint density at radius 3 is 2.71 bits per heavy atom. The zero-order chi connectivity index (χ0) is 26.9. The van der Waals surface area contributed by atoms with Crippen molar-refractivity contribution in [1.29, 1.82) is 0 Å². The number of unbranched alkanes of at least 4 members (excludes halogenated alkanes) is 1. The Hall–Kier alpha value is -3.99. The largest absolute Gasteiger partial charge is 0.422 e. The average molecular weight is 527 g/mol. The molecule has 1 N–H and O–H groups in total. The summed E-state index contributed by atoms with van der Waals surface area (Å²) in [6, 6.07) is 13.7.